The van der Waals surface area contributed by atoms with Gasteiger partial charge in [0.05, 0.1) is 22.9 Å². The van der Waals surface area contributed by atoms with Crippen molar-refractivity contribution < 1.29 is 0 Å². The Balaban J connectivity index is 1.36. The predicted molar refractivity (Wildman–Crippen MR) is 143 cm³/mol. The Bertz CT molecular complexity index is 1470. The third-order valence-electron chi connectivity index (χ3n) is 8.54. The van der Waals surface area contributed by atoms with Gasteiger partial charge >= 0.3 is 0 Å². The van der Waals surface area contributed by atoms with Gasteiger partial charge in [-0.1, -0.05) is 34.8 Å². The van der Waals surface area contributed by atoms with Crippen molar-refractivity contribution in [1.29, 1.82) is 0 Å². The van der Waals surface area contributed by atoms with Crippen molar-refractivity contribution in [3.05, 3.63) is 74.0 Å². The topological polar surface area (TPSA) is 52.7 Å². The second-order valence-corrected chi connectivity index (χ2v) is 12.4. The molecule has 0 spiro atoms. The SMILES string of the molecule is O=c1c2nn(-c3ccc(Cl)cc3)c(-c3ccc(Cl)cc3Cl)cc-2nn1CC12CC3CC(CC(C3)C1)C2. The molecule has 2 heterocycles. The third kappa shape index (κ3) is 3.79. The fourth-order valence-electron chi connectivity index (χ4n) is 7.57. The fourth-order valence-corrected chi connectivity index (χ4v) is 8.20. The van der Waals surface area contributed by atoms with Crippen molar-refractivity contribution in [1.82, 2.24) is 19.6 Å². The first-order chi connectivity index (χ1) is 17.4. The minimum absolute atomic E-state index is 0.128. The molecule has 2 aliphatic heterocycles. The van der Waals surface area contributed by atoms with Gasteiger partial charge in [0.25, 0.3) is 5.56 Å². The van der Waals surface area contributed by atoms with Crippen LogP contribution in [0.1, 0.15) is 38.5 Å². The highest BCUT2D eigenvalue weighted by Crippen LogP contribution is 2.60. The number of nitrogens with zero attached hydrogens (tertiary/aromatic N) is 4. The molecule has 0 aromatic heterocycles. The van der Waals surface area contributed by atoms with Gasteiger partial charge in [0.1, 0.15) is 5.69 Å². The maximum Gasteiger partial charge on any atom is 0.296 e. The highest BCUT2D eigenvalue weighted by atomic mass is 35.5. The van der Waals surface area contributed by atoms with E-state index in [1.165, 1.54) is 38.5 Å². The molecule has 2 aromatic rings. The zero-order valence-electron chi connectivity index (χ0n) is 19.6. The first-order valence-corrected chi connectivity index (χ1v) is 13.7. The van der Waals surface area contributed by atoms with E-state index in [2.05, 4.69) is 0 Å². The molecule has 4 aliphatic carbocycles. The summed E-state index contributed by atoms with van der Waals surface area (Å²) in [4.78, 5) is 13.6. The maximum absolute atomic E-state index is 13.6. The smallest absolute Gasteiger partial charge is 0.265 e. The summed E-state index contributed by atoms with van der Waals surface area (Å²) in [5, 5.41) is 11.3. The van der Waals surface area contributed by atoms with Gasteiger partial charge in [-0.25, -0.2) is 9.36 Å². The lowest BCUT2D eigenvalue weighted by Gasteiger charge is -2.56. The summed E-state index contributed by atoms with van der Waals surface area (Å²) in [7, 11) is 0. The van der Waals surface area contributed by atoms with Crippen LogP contribution in [0.15, 0.2) is 53.3 Å². The Labute approximate surface area is 224 Å². The van der Waals surface area contributed by atoms with E-state index in [1.807, 2.05) is 24.3 Å². The Morgan fingerprint density at radius 2 is 1.47 bits per heavy atom. The number of benzene rings is 2. The Morgan fingerprint density at radius 1 is 0.833 bits per heavy atom. The first kappa shape index (κ1) is 22.8. The Kier molecular flexibility index (Phi) is 5.29. The van der Waals surface area contributed by atoms with Crippen molar-refractivity contribution in [3.8, 4) is 28.3 Å². The van der Waals surface area contributed by atoms with Gasteiger partial charge in [-0.05, 0) is 110 Å². The van der Waals surface area contributed by atoms with Crippen LogP contribution in [0.5, 0.6) is 0 Å². The Hall–Kier alpha value is -2.34. The minimum atomic E-state index is -0.128. The van der Waals surface area contributed by atoms with E-state index in [-0.39, 0.29) is 11.0 Å². The fraction of sp³-hybridized carbons (Fsp3) is 0.393. The molecule has 8 rings (SSSR count). The standard InChI is InChI=1S/C28H25Cl3N4O/c29-19-1-4-21(5-2-19)35-25(22-6-3-20(30)10-23(22)31)11-24-26(33-35)27(36)34(32-24)15-28-12-16-7-17(13-28)9-18(8-16)14-28/h1-6,10-11,16-18H,7-9,12-15H2. The molecule has 8 heteroatoms. The molecule has 6 aliphatic rings. The largest absolute Gasteiger partial charge is 0.296 e. The summed E-state index contributed by atoms with van der Waals surface area (Å²) < 4.78 is 3.43. The molecule has 0 saturated heterocycles. The van der Waals surface area contributed by atoms with Gasteiger partial charge in [0, 0.05) is 15.6 Å². The highest BCUT2D eigenvalue weighted by molar-refractivity contribution is 6.36. The van der Waals surface area contributed by atoms with E-state index < -0.39 is 0 Å². The lowest BCUT2D eigenvalue weighted by molar-refractivity contribution is -0.0639. The zero-order valence-corrected chi connectivity index (χ0v) is 21.9. The molecule has 4 fully saturated rings. The van der Waals surface area contributed by atoms with E-state index in [9.17, 15) is 4.79 Å². The number of hydrogen-bond acceptors (Lipinski definition) is 3. The molecule has 184 valence electrons. The number of rotatable bonds is 4. The lowest BCUT2D eigenvalue weighted by atomic mass is 9.49. The van der Waals surface area contributed by atoms with Crippen LogP contribution in [0.2, 0.25) is 15.1 Å². The normalized spacial score (nSPS) is 26.7. The molecule has 5 nitrogen and oxygen atoms in total. The average molecular weight is 540 g/mol. The first-order valence-electron chi connectivity index (χ1n) is 12.6. The van der Waals surface area contributed by atoms with Crippen LogP contribution >= 0.6 is 34.8 Å². The van der Waals surface area contributed by atoms with Crippen molar-refractivity contribution in [3.63, 3.8) is 0 Å². The van der Waals surface area contributed by atoms with Crippen LogP contribution in [-0.4, -0.2) is 19.6 Å². The van der Waals surface area contributed by atoms with Gasteiger partial charge < -0.3 is 0 Å². The van der Waals surface area contributed by atoms with Gasteiger partial charge in [0.15, 0.2) is 5.69 Å². The summed E-state index contributed by atoms with van der Waals surface area (Å²) >= 11 is 18.9. The van der Waals surface area contributed by atoms with Gasteiger partial charge in [0.2, 0.25) is 0 Å². The van der Waals surface area contributed by atoms with Gasteiger partial charge in [-0.2, -0.15) is 10.2 Å². The van der Waals surface area contributed by atoms with Crippen LogP contribution in [0.25, 0.3) is 28.3 Å². The molecule has 36 heavy (non-hydrogen) atoms. The van der Waals surface area contributed by atoms with Crippen molar-refractivity contribution in [2.75, 3.05) is 0 Å². The van der Waals surface area contributed by atoms with E-state index >= 15 is 0 Å². The van der Waals surface area contributed by atoms with Crippen molar-refractivity contribution in [2.24, 2.45) is 23.2 Å². The second-order valence-electron chi connectivity index (χ2n) is 11.2. The Morgan fingerprint density at radius 3 is 2.11 bits per heavy atom. The van der Waals surface area contributed by atoms with Crippen LogP contribution < -0.4 is 5.56 Å². The second kappa shape index (κ2) is 8.34. The predicted octanol–water partition coefficient (Wildman–Crippen LogP) is 7.38. The monoisotopic (exact) mass is 538 g/mol. The van der Waals surface area contributed by atoms with Crippen LogP contribution in [0.3, 0.4) is 0 Å². The molecule has 2 aromatic carbocycles. The zero-order chi connectivity index (χ0) is 24.6. The van der Waals surface area contributed by atoms with E-state index in [4.69, 9.17) is 45.0 Å². The van der Waals surface area contributed by atoms with Crippen molar-refractivity contribution >= 4 is 34.8 Å². The number of aromatic nitrogens is 4. The molecule has 0 atom stereocenters. The van der Waals surface area contributed by atoms with E-state index in [0.29, 0.717) is 33.0 Å². The highest BCUT2D eigenvalue weighted by Gasteiger charge is 2.51. The summed E-state index contributed by atoms with van der Waals surface area (Å²) in [6.07, 6.45) is 7.78. The summed E-state index contributed by atoms with van der Waals surface area (Å²) in [5.41, 5.74) is 3.27. The van der Waals surface area contributed by atoms with Gasteiger partial charge in [-0.3, -0.25) is 4.79 Å². The summed E-state index contributed by atoms with van der Waals surface area (Å²) in [6, 6.07) is 14.6. The molecule has 0 unspecified atom stereocenters. The molecular formula is C28H25Cl3N4O. The average Bonchev–Trinajstić information content (AvgIpc) is 3.11. The number of hydrogen-bond donors (Lipinski definition) is 0. The third-order valence-corrected chi connectivity index (χ3v) is 9.34. The van der Waals surface area contributed by atoms with E-state index in [0.717, 1.165) is 34.7 Å². The molecular weight excluding hydrogens is 515 g/mol. The van der Waals surface area contributed by atoms with E-state index in [1.54, 1.807) is 33.6 Å². The lowest BCUT2D eigenvalue weighted by Crippen LogP contribution is -2.48. The van der Waals surface area contributed by atoms with Crippen LogP contribution in [-0.2, 0) is 6.54 Å². The summed E-state index contributed by atoms with van der Waals surface area (Å²) in [5.74, 6) is 2.46. The quantitative estimate of drug-likeness (QED) is 0.272. The van der Waals surface area contributed by atoms with Gasteiger partial charge in [-0.15, -0.1) is 0 Å². The molecule has 4 bridgehead atoms. The number of halogens is 3. The minimum Gasteiger partial charge on any atom is -0.265 e. The molecule has 0 amide bonds. The van der Waals surface area contributed by atoms with Crippen LogP contribution in [0, 0.1) is 23.2 Å². The summed E-state index contributed by atoms with van der Waals surface area (Å²) in [6.45, 7) is 0.684. The molecule has 0 radical (unpaired) electrons. The molecule has 0 N–H and O–H groups in total. The molecule has 4 saturated carbocycles. The number of fused-ring (bicyclic) bond motifs is 1. The van der Waals surface area contributed by atoms with Crippen LogP contribution in [0.4, 0.5) is 0 Å². The maximum atomic E-state index is 13.6. The van der Waals surface area contributed by atoms with Crippen molar-refractivity contribution in [2.45, 2.75) is 45.1 Å².